The Labute approximate surface area is 167 Å². The monoisotopic (exact) mass is 452 g/mol. The van der Waals surface area contributed by atoms with Gasteiger partial charge in [-0.15, -0.1) is 0 Å². The summed E-state index contributed by atoms with van der Waals surface area (Å²) in [5, 5.41) is 2.97. The highest BCUT2D eigenvalue weighted by Gasteiger charge is 2.41. The van der Waals surface area contributed by atoms with E-state index in [1.807, 2.05) is 24.3 Å². The fourth-order valence-electron chi connectivity index (χ4n) is 3.22. The van der Waals surface area contributed by atoms with Crippen molar-refractivity contribution in [1.29, 1.82) is 0 Å². The number of nitrogens with one attached hydrogen (secondary N) is 2. The minimum absolute atomic E-state index is 0.0862. The van der Waals surface area contributed by atoms with E-state index in [9.17, 15) is 13.2 Å². The lowest BCUT2D eigenvalue weighted by Gasteiger charge is -2.36. The fraction of sp³-hybridized carbons (Fsp3) is 0.316. The predicted octanol–water partition coefficient (Wildman–Crippen LogP) is 3.51. The average Bonchev–Trinajstić information content (AvgIpc) is 2.63. The zero-order valence-corrected chi connectivity index (χ0v) is 17.3. The molecule has 3 rings (SSSR count). The van der Waals surface area contributed by atoms with E-state index < -0.39 is 15.4 Å². The number of anilines is 2. The van der Waals surface area contributed by atoms with Crippen molar-refractivity contribution in [1.82, 2.24) is 0 Å². The Kier molecular flexibility index (Phi) is 5.88. The molecule has 0 bridgehead atoms. The summed E-state index contributed by atoms with van der Waals surface area (Å²) in [7, 11) is -3.33. The van der Waals surface area contributed by atoms with Gasteiger partial charge in [0.05, 0.1) is 11.7 Å². The molecule has 0 radical (unpaired) electrons. The molecule has 1 saturated heterocycles. The third-order valence-electron chi connectivity index (χ3n) is 4.62. The Hall–Kier alpha value is -1.90. The van der Waals surface area contributed by atoms with E-state index in [0.717, 1.165) is 16.3 Å². The highest BCUT2D eigenvalue weighted by molar-refractivity contribution is 9.10. The van der Waals surface area contributed by atoms with E-state index in [2.05, 4.69) is 26.0 Å². The first-order chi connectivity index (χ1) is 12.8. The number of carbonyl (C=O) groups is 1. The van der Waals surface area contributed by atoms with Crippen molar-refractivity contribution in [2.45, 2.75) is 18.3 Å². The molecule has 1 aliphatic rings. The average molecular weight is 453 g/mol. The molecule has 0 aromatic heterocycles. The molecule has 2 aromatic carbocycles. The molecular formula is C19H21BrN2O4S. The number of hydrogen-bond acceptors (Lipinski definition) is 4. The summed E-state index contributed by atoms with van der Waals surface area (Å²) >= 11 is 3.43. The van der Waals surface area contributed by atoms with Crippen LogP contribution < -0.4 is 10.0 Å². The second kappa shape index (κ2) is 8.00. The Bertz CT molecular complexity index is 906. The van der Waals surface area contributed by atoms with Crippen LogP contribution in [0, 0.1) is 0 Å². The lowest BCUT2D eigenvalue weighted by Crippen LogP contribution is -2.44. The van der Waals surface area contributed by atoms with Crippen LogP contribution in [-0.4, -0.2) is 33.8 Å². The topological polar surface area (TPSA) is 84.5 Å². The summed E-state index contributed by atoms with van der Waals surface area (Å²) in [6.45, 7) is 1.06. The van der Waals surface area contributed by atoms with E-state index >= 15 is 0 Å². The van der Waals surface area contributed by atoms with Crippen LogP contribution in [-0.2, 0) is 25.0 Å². The van der Waals surface area contributed by atoms with Crippen LogP contribution in [0.25, 0.3) is 0 Å². The van der Waals surface area contributed by atoms with Gasteiger partial charge in [0.1, 0.15) is 0 Å². The smallest absolute Gasteiger partial charge is 0.235 e. The van der Waals surface area contributed by atoms with Gasteiger partial charge in [0.25, 0.3) is 0 Å². The maximum absolute atomic E-state index is 13.2. The minimum Gasteiger partial charge on any atom is -0.381 e. The molecular weight excluding hydrogens is 432 g/mol. The first-order valence-electron chi connectivity index (χ1n) is 8.52. The zero-order chi connectivity index (χ0) is 19.5. The minimum atomic E-state index is -3.33. The molecule has 1 fully saturated rings. The Morgan fingerprint density at radius 1 is 1.00 bits per heavy atom. The van der Waals surface area contributed by atoms with Gasteiger partial charge < -0.3 is 10.1 Å². The normalized spacial score (nSPS) is 16.5. The number of ether oxygens (including phenoxy) is 1. The maximum atomic E-state index is 13.2. The summed E-state index contributed by atoms with van der Waals surface area (Å²) < 4.78 is 31.4. The number of hydrogen-bond donors (Lipinski definition) is 2. The first kappa shape index (κ1) is 19.9. The summed E-state index contributed by atoms with van der Waals surface area (Å²) in [6.07, 6.45) is 2.30. The molecule has 144 valence electrons. The quantitative estimate of drug-likeness (QED) is 0.726. The van der Waals surface area contributed by atoms with Gasteiger partial charge in [0.2, 0.25) is 15.9 Å². The molecule has 27 heavy (non-hydrogen) atoms. The molecule has 2 N–H and O–H groups in total. The SMILES string of the molecule is CS(=O)(=O)Nc1ccc(NC(=O)C2(c3ccc(Br)cc3)CCOCC2)cc1. The van der Waals surface area contributed by atoms with Crippen LogP contribution in [0.5, 0.6) is 0 Å². The highest BCUT2D eigenvalue weighted by atomic mass is 79.9. The lowest BCUT2D eigenvalue weighted by molar-refractivity contribution is -0.125. The molecule has 6 nitrogen and oxygen atoms in total. The number of benzene rings is 2. The van der Waals surface area contributed by atoms with Gasteiger partial charge >= 0.3 is 0 Å². The van der Waals surface area contributed by atoms with E-state index in [1.54, 1.807) is 24.3 Å². The van der Waals surface area contributed by atoms with Crippen LogP contribution in [0.1, 0.15) is 18.4 Å². The van der Waals surface area contributed by atoms with Crippen molar-refractivity contribution in [3.8, 4) is 0 Å². The van der Waals surface area contributed by atoms with Crippen molar-refractivity contribution in [3.63, 3.8) is 0 Å². The Morgan fingerprint density at radius 3 is 2.11 bits per heavy atom. The van der Waals surface area contributed by atoms with E-state index in [1.165, 1.54) is 0 Å². The summed E-state index contributed by atoms with van der Waals surface area (Å²) in [5.41, 5.74) is 1.37. The van der Waals surface area contributed by atoms with Gasteiger partial charge in [0, 0.05) is 29.1 Å². The first-order valence-corrected chi connectivity index (χ1v) is 11.2. The second-order valence-electron chi connectivity index (χ2n) is 6.61. The predicted molar refractivity (Wildman–Crippen MR) is 109 cm³/mol. The van der Waals surface area contributed by atoms with E-state index in [4.69, 9.17) is 4.74 Å². The molecule has 1 heterocycles. The second-order valence-corrected chi connectivity index (χ2v) is 9.27. The number of halogens is 1. The molecule has 0 aliphatic carbocycles. The van der Waals surface area contributed by atoms with Gasteiger partial charge in [-0.2, -0.15) is 0 Å². The molecule has 0 atom stereocenters. The van der Waals surface area contributed by atoms with Crippen molar-refractivity contribution in [3.05, 3.63) is 58.6 Å². The van der Waals surface area contributed by atoms with Crippen molar-refractivity contribution < 1.29 is 17.9 Å². The van der Waals surface area contributed by atoms with Crippen LogP contribution >= 0.6 is 15.9 Å². The zero-order valence-electron chi connectivity index (χ0n) is 14.9. The molecule has 8 heteroatoms. The molecule has 0 unspecified atom stereocenters. The van der Waals surface area contributed by atoms with Crippen LogP contribution in [0.3, 0.4) is 0 Å². The van der Waals surface area contributed by atoms with Crippen LogP contribution in [0.15, 0.2) is 53.0 Å². The van der Waals surface area contributed by atoms with E-state index in [-0.39, 0.29) is 5.91 Å². The number of sulfonamides is 1. The Morgan fingerprint density at radius 2 is 1.56 bits per heavy atom. The third kappa shape index (κ3) is 4.88. The summed E-state index contributed by atoms with van der Waals surface area (Å²) in [5.74, 6) is -0.0862. The molecule has 1 amide bonds. The largest absolute Gasteiger partial charge is 0.381 e. The Balaban J connectivity index is 1.82. The van der Waals surface area contributed by atoms with Crippen molar-refractivity contribution in [2.24, 2.45) is 0 Å². The summed E-state index contributed by atoms with van der Waals surface area (Å²) in [4.78, 5) is 13.2. The van der Waals surface area contributed by atoms with Crippen molar-refractivity contribution >= 4 is 43.2 Å². The molecule has 1 aliphatic heterocycles. The van der Waals surface area contributed by atoms with Crippen LogP contribution in [0.2, 0.25) is 0 Å². The summed E-state index contributed by atoms with van der Waals surface area (Å²) in [6, 6.07) is 14.4. The van der Waals surface area contributed by atoms with Gasteiger partial charge in [-0.1, -0.05) is 28.1 Å². The molecule has 0 saturated carbocycles. The molecule has 2 aromatic rings. The fourth-order valence-corrected chi connectivity index (χ4v) is 4.05. The third-order valence-corrected chi connectivity index (χ3v) is 5.76. The van der Waals surface area contributed by atoms with Crippen molar-refractivity contribution in [2.75, 3.05) is 29.5 Å². The maximum Gasteiger partial charge on any atom is 0.235 e. The van der Waals surface area contributed by atoms with Crippen LogP contribution in [0.4, 0.5) is 11.4 Å². The van der Waals surface area contributed by atoms with Gasteiger partial charge in [-0.25, -0.2) is 8.42 Å². The van der Waals surface area contributed by atoms with Gasteiger partial charge in [-0.05, 0) is 54.8 Å². The van der Waals surface area contributed by atoms with Gasteiger partial charge in [-0.3, -0.25) is 9.52 Å². The standard InChI is InChI=1S/C19H21BrN2O4S/c1-27(24,25)22-17-8-6-16(7-9-17)21-18(23)19(10-12-26-13-11-19)14-2-4-15(20)5-3-14/h2-9,22H,10-13H2,1H3,(H,21,23). The highest BCUT2D eigenvalue weighted by Crippen LogP contribution is 2.36. The van der Waals surface area contributed by atoms with E-state index in [0.29, 0.717) is 37.4 Å². The number of carbonyl (C=O) groups excluding carboxylic acids is 1. The lowest BCUT2D eigenvalue weighted by atomic mass is 9.73. The number of amides is 1. The number of rotatable bonds is 5. The molecule has 0 spiro atoms. The van der Waals surface area contributed by atoms with Gasteiger partial charge in [0.15, 0.2) is 0 Å².